The van der Waals surface area contributed by atoms with E-state index in [1.165, 1.54) is 6.42 Å². The summed E-state index contributed by atoms with van der Waals surface area (Å²) in [6, 6.07) is 1.95. The topological polar surface area (TPSA) is 71.3 Å². The van der Waals surface area contributed by atoms with E-state index in [-0.39, 0.29) is 10.3 Å². The molecule has 0 unspecified atom stereocenters. The Balaban J connectivity index is 2.05. The van der Waals surface area contributed by atoms with E-state index in [1.54, 1.807) is 13.0 Å². The Kier molecular flexibility index (Phi) is 4.80. The first kappa shape index (κ1) is 16.5. The van der Waals surface area contributed by atoms with Gasteiger partial charge in [0.25, 0.3) is 0 Å². The second-order valence-corrected chi connectivity index (χ2v) is 8.39. The van der Waals surface area contributed by atoms with Crippen molar-refractivity contribution < 1.29 is 12.8 Å². The van der Waals surface area contributed by atoms with Crippen LogP contribution in [0.1, 0.15) is 51.6 Å². The van der Waals surface area contributed by atoms with Gasteiger partial charge in [0.1, 0.15) is 16.4 Å². The van der Waals surface area contributed by atoms with E-state index in [0.29, 0.717) is 30.7 Å². The molecular weight excluding hydrogens is 288 g/mol. The number of sulfonamides is 1. The average Bonchev–Trinajstić information content (AvgIpc) is 2.74. The molecule has 0 aliphatic heterocycles. The van der Waals surface area contributed by atoms with E-state index in [0.717, 1.165) is 12.8 Å². The first-order chi connectivity index (χ1) is 9.72. The molecule has 1 heterocycles. The number of rotatable bonds is 7. The number of nitrogens with one attached hydrogen (secondary N) is 2. The van der Waals surface area contributed by atoms with Crippen molar-refractivity contribution in [2.24, 2.45) is 5.41 Å². The van der Waals surface area contributed by atoms with Gasteiger partial charge in [0, 0.05) is 18.7 Å². The minimum atomic E-state index is -3.49. The third-order valence-corrected chi connectivity index (χ3v) is 5.66. The molecule has 1 aromatic heterocycles. The largest absolute Gasteiger partial charge is 0.464 e. The summed E-state index contributed by atoms with van der Waals surface area (Å²) in [4.78, 5) is 0.256. The van der Waals surface area contributed by atoms with Crippen molar-refractivity contribution >= 4 is 10.0 Å². The molecule has 1 saturated carbocycles. The van der Waals surface area contributed by atoms with Gasteiger partial charge in [0.05, 0.1) is 6.54 Å². The standard InChI is InChI=1S/C15H26N2O3S/c1-11(2)16-9-13-8-14(12(3)20-13)21(18,19)17-10-15(4)6-5-7-15/h8,11,16-17H,5-7,9-10H2,1-4H3. The molecule has 2 rings (SSSR count). The first-order valence-corrected chi connectivity index (χ1v) is 9.03. The van der Waals surface area contributed by atoms with E-state index < -0.39 is 10.0 Å². The van der Waals surface area contributed by atoms with Gasteiger partial charge in [-0.15, -0.1) is 0 Å². The number of hydrogen-bond donors (Lipinski definition) is 2. The lowest BCUT2D eigenvalue weighted by Crippen LogP contribution is -2.39. The molecule has 1 aromatic rings. The highest BCUT2D eigenvalue weighted by molar-refractivity contribution is 7.89. The SMILES string of the molecule is Cc1oc(CNC(C)C)cc1S(=O)(=O)NCC1(C)CCC1. The van der Waals surface area contributed by atoms with Crippen LogP contribution in [0.15, 0.2) is 15.4 Å². The van der Waals surface area contributed by atoms with Crippen molar-refractivity contribution in [3.63, 3.8) is 0 Å². The second-order valence-electron chi connectivity index (χ2n) is 6.66. The third-order valence-electron chi connectivity index (χ3n) is 4.15. The molecule has 5 nitrogen and oxygen atoms in total. The summed E-state index contributed by atoms with van der Waals surface area (Å²) in [6.45, 7) is 8.92. The molecule has 2 N–H and O–H groups in total. The minimum Gasteiger partial charge on any atom is -0.464 e. The number of furan rings is 1. The van der Waals surface area contributed by atoms with E-state index in [1.807, 2.05) is 13.8 Å². The predicted octanol–water partition coefficient (Wildman–Crippen LogP) is 2.55. The Morgan fingerprint density at radius 3 is 2.57 bits per heavy atom. The summed E-state index contributed by atoms with van der Waals surface area (Å²) in [5, 5.41) is 3.22. The van der Waals surface area contributed by atoms with Crippen molar-refractivity contribution in [3.8, 4) is 0 Å². The predicted molar refractivity (Wildman–Crippen MR) is 82.6 cm³/mol. The highest BCUT2D eigenvalue weighted by atomic mass is 32.2. The number of aryl methyl sites for hydroxylation is 1. The maximum absolute atomic E-state index is 12.4. The molecular formula is C15H26N2O3S. The molecule has 120 valence electrons. The van der Waals surface area contributed by atoms with Crippen LogP contribution in [0.4, 0.5) is 0 Å². The van der Waals surface area contributed by atoms with Crippen molar-refractivity contribution in [2.45, 2.75) is 64.4 Å². The highest BCUT2D eigenvalue weighted by Gasteiger charge is 2.33. The zero-order valence-corrected chi connectivity index (χ0v) is 14.1. The van der Waals surface area contributed by atoms with Crippen LogP contribution in [-0.4, -0.2) is 21.0 Å². The van der Waals surface area contributed by atoms with Crippen LogP contribution in [0.2, 0.25) is 0 Å². The first-order valence-electron chi connectivity index (χ1n) is 7.54. The van der Waals surface area contributed by atoms with Crippen LogP contribution >= 0.6 is 0 Å². The summed E-state index contributed by atoms with van der Waals surface area (Å²) < 4.78 is 33.1. The molecule has 0 amide bonds. The molecule has 1 aliphatic rings. The van der Waals surface area contributed by atoms with Gasteiger partial charge >= 0.3 is 0 Å². The van der Waals surface area contributed by atoms with Crippen molar-refractivity contribution in [2.75, 3.05) is 6.54 Å². The Morgan fingerprint density at radius 2 is 2.05 bits per heavy atom. The Hall–Kier alpha value is -0.850. The molecule has 0 aromatic carbocycles. The zero-order chi connectivity index (χ0) is 15.7. The van der Waals surface area contributed by atoms with Gasteiger partial charge in [-0.2, -0.15) is 0 Å². The van der Waals surface area contributed by atoms with E-state index in [9.17, 15) is 8.42 Å². The fourth-order valence-corrected chi connectivity index (χ4v) is 3.89. The van der Waals surface area contributed by atoms with Gasteiger partial charge < -0.3 is 9.73 Å². The Bertz CT molecular complexity index is 586. The van der Waals surface area contributed by atoms with Crippen LogP contribution in [0.5, 0.6) is 0 Å². The fraction of sp³-hybridized carbons (Fsp3) is 0.733. The molecule has 1 aliphatic carbocycles. The second kappa shape index (κ2) is 6.10. The van der Waals surface area contributed by atoms with Crippen LogP contribution in [-0.2, 0) is 16.6 Å². The monoisotopic (exact) mass is 314 g/mol. The molecule has 0 bridgehead atoms. The van der Waals surface area contributed by atoms with Gasteiger partial charge in [-0.25, -0.2) is 13.1 Å². The summed E-state index contributed by atoms with van der Waals surface area (Å²) in [6.07, 6.45) is 3.36. The van der Waals surface area contributed by atoms with Crippen LogP contribution in [0.3, 0.4) is 0 Å². The van der Waals surface area contributed by atoms with Gasteiger partial charge in [0.2, 0.25) is 10.0 Å². The molecule has 21 heavy (non-hydrogen) atoms. The molecule has 0 atom stereocenters. The van der Waals surface area contributed by atoms with Crippen LogP contribution < -0.4 is 10.0 Å². The minimum absolute atomic E-state index is 0.118. The lowest BCUT2D eigenvalue weighted by atomic mass is 9.71. The summed E-state index contributed by atoms with van der Waals surface area (Å²) in [5.74, 6) is 1.10. The van der Waals surface area contributed by atoms with E-state index in [2.05, 4.69) is 17.0 Å². The zero-order valence-electron chi connectivity index (χ0n) is 13.3. The van der Waals surface area contributed by atoms with Gasteiger partial charge in [-0.1, -0.05) is 27.2 Å². The normalized spacial score (nSPS) is 18.0. The van der Waals surface area contributed by atoms with E-state index in [4.69, 9.17) is 4.42 Å². The highest BCUT2D eigenvalue weighted by Crippen LogP contribution is 2.39. The quantitative estimate of drug-likeness (QED) is 0.811. The number of hydrogen-bond acceptors (Lipinski definition) is 4. The van der Waals surface area contributed by atoms with Crippen LogP contribution in [0, 0.1) is 12.3 Å². The molecule has 0 saturated heterocycles. The van der Waals surface area contributed by atoms with Crippen LogP contribution in [0.25, 0.3) is 0 Å². The lowest BCUT2D eigenvalue weighted by molar-refractivity contribution is 0.166. The van der Waals surface area contributed by atoms with E-state index >= 15 is 0 Å². The molecule has 6 heteroatoms. The average molecular weight is 314 g/mol. The Labute approximate surface area is 127 Å². The molecule has 0 spiro atoms. The summed E-state index contributed by atoms with van der Waals surface area (Å²) >= 11 is 0. The fourth-order valence-electron chi connectivity index (χ4n) is 2.49. The third kappa shape index (κ3) is 4.08. The van der Waals surface area contributed by atoms with Crippen molar-refractivity contribution in [1.29, 1.82) is 0 Å². The maximum atomic E-state index is 12.4. The summed E-state index contributed by atoms with van der Waals surface area (Å²) in [7, 11) is -3.49. The van der Waals surface area contributed by atoms with Crippen molar-refractivity contribution in [3.05, 3.63) is 17.6 Å². The van der Waals surface area contributed by atoms with Crippen molar-refractivity contribution in [1.82, 2.24) is 10.0 Å². The summed E-state index contributed by atoms with van der Waals surface area (Å²) in [5.41, 5.74) is 0.118. The smallest absolute Gasteiger partial charge is 0.244 e. The maximum Gasteiger partial charge on any atom is 0.244 e. The van der Waals surface area contributed by atoms with Gasteiger partial charge in [0.15, 0.2) is 0 Å². The Morgan fingerprint density at radius 1 is 1.38 bits per heavy atom. The van der Waals surface area contributed by atoms with Gasteiger partial charge in [-0.3, -0.25) is 0 Å². The lowest BCUT2D eigenvalue weighted by Gasteiger charge is -2.38. The van der Waals surface area contributed by atoms with Gasteiger partial charge in [-0.05, 0) is 25.2 Å². The molecule has 1 fully saturated rings. The molecule has 0 radical (unpaired) electrons.